The van der Waals surface area contributed by atoms with Crippen LogP contribution in [0.4, 0.5) is 0 Å². The summed E-state index contributed by atoms with van der Waals surface area (Å²) in [5, 5.41) is 11.2. The van der Waals surface area contributed by atoms with E-state index < -0.39 is 0 Å². The zero-order chi connectivity index (χ0) is 26.6. The number of hydrogen-bond acceptors (Lipinski definition) is 0. The van der Waals surface area contributed by atoms with Crippen molar-refractivity contribution in [3.63, 3.8) is 0 Å². The quantitative estimate of drug-likeness (QED) is 0.154. The molecule has 0 spiro atoms. The number of rotatable bonds is 0. The van der Waals surface area contributed by atoms with Crippen LogP contribution < -0.4 is 0 Å². The Bertz CT molecular complexity index is 1630. The molecule has 0 N–H and O–H groups in total. The molecule has 0 fully saturated rings. The van der Waals surface area contributed by atoms with Gasteiger partial charge in [-0.2, -0.15) is 0 Å². The highest BCUT2D eigenvalue weighted by molar-refractivity contribution is 6.33. The van der Waals surface area contributed by atoms with E-state index in [9.17, 15) is 0 Å². The van der Waals surface area contributed by atoms with Crippen LogP contribution in [0, 0.1) is 0 Å². The van der Waals surface area contributed by atoms with Gasteiger partial charge >= 0.3 is 0 Å². The predicted octanol–water partition coefficient (Wildman–Crippen LogP) is 10.9. The third-order valence-corrected chi connectivity index (χ3v) is 8.08. The number of fused-ring (bicyclic) bond motifs is 2. The van der Waals surface area contributed by atoms with Crippen LogP contribution in [0.5, 0.6) is 0 Å². The first-order chi connectivity index (χ1) is 16.4. The van der Waals surface area contributed by atoms with Crippen molar-refractivity contribution in [1.82, 2.24) is 0 Å². The van der Waals surface area contributed by atoms with Gasteiger partial charge in [0.25, 0.3) is 0 Å². The number of benzene rings is 5. The summed E-state index contributed by atoms with van der Waals surface area (Å²) in [5.41, 5.74) is 6.06. The van der Waals surface area contributed by atoms with Crippen molar-refractivity contribution >= 4 is 43.1 Å². The van der Waals surface area contributed by atoms with Crippen molar-refractivity contribution in [2.24, 2.45) is 0 Å². The Labute approximate surface area is 218 Å². The molecule has 0 heteroatoms. The van der Waals surface area contributed by atoms with E-state index in [1.807, 2.05) is 0 Å². The smallest absolute Gasteiger partial charge is 0.00232 e. The molecule has 188 valence electrons. The topological polar surface area (TPSA) is 0 Å². The van der Waals surface area contributed by atoms with Crippen molar-refractivity contribution in [3.05, 3.63) is 70.8 Å². The van der Waals surface area contributed by atoms with Crippen molar-refractivity contribution in [2.75, 3.05) is 0 Å². The summed E-state index contributed by atoms with van der Waals surface area (Å²) in [5.74, 6) is 0. The van der Waals surface area contributed by atoms with E-state index >= 15 is 0 Å². The van der Waals surface area contributed by atoms with Crippen LogP contribution in [0.1, 0.15) is 105 Å². The Morgan fingerprint density at radius 3 is 1.36 bits per heavy atom. The SMILES string of the molecule is CC(C)(C)c1cc2cc(C(C)(C)C)cc3c4cc(C(C)(C)C)c(C(C)(C)C)c5cccc(c(c1)c23)c54. The minimum absolute atomic E-state index is 0.0515. The molecule has 36 heavy (non-hydrogen) atoms. The molecule has 0 aliphatic rings. The molecule has 0 bridgehead atoms. The predicted molar refractivity (Wildman–Crippen MR) is 162 cm³/mol. The molecule has 0 aliphatic carbocycles. The second kappa shape index (κ2) is 7.47. The normalized spacial score (nSPS) is 14.1. The first-order valence-electron chi connectivity index (χ1n) is 13.6. The Morgan fingerprint density at radius 1 is 0.417 bits per heavy atom. The molecule has 0 atom stereocenters. The third kappa shape index (κ3) is 3.80. The molecule has 5 rings (SSSR count). The largest absolute Gasteiger partial charge is 0.0610 e. The van der Waals surface area contributed by atoms with E-state index in [4.69, 9.17) is 0 Å². The molecule has 0 nitrogen and oxygen atoms in total. The Balaban J connectivity index is 2.16. The fraction of sp³-hybridized carbons (Fsp3) is 0.444. The standard InChI is InChI=1S/C36H44/c1-33(2,3)22-16-21-17-23(34(4,5)6)19-27-28-20-29(35(7,8)9)32(36(10,11)12)25-15-13-14-24(31(25)28)26(18-22)30(21)27/h13-20H,1-12H3. The van der Waals surface area contributed by atoms with Gasteiger partial charge in [0.2, 0.25) is 0 Å². The van der Waals surface area contributed by atoms with Gasteiger partial charge in [0, 0.05) is 0 Å². The van der Waals surface area contributed by atoms with Gasteiger partial charge in [-0.25, -0.2) is 0 Å². The lowest BCUT2D eigenvalue weighted by Crippen LogP contribution is -2.22. The van der Waals surface area contributed by atoms with Crippen LogP contribution in [0.25, 0.3) is 43.1 Å². The summed E-state index contributed by atoms with van der Waals surface area (Å²) in [4.78, 5) is 0. The zero-order valence-corrected chi connectivity index (χ0v) is 24.6. The minimum Gasteiger partial charge on any atom is -0.0610 e. The van der Waals surface area contributed by atoms with E-state index in [2.05, 4.69) is 132 Å². The molecule has 0 unspecified atom stereocenters. The van der Waals surface area contributed by atoms with E-state index in [1.54, 1.807) is 0 Å². The average molecular weight is 477 g/mol. The zero-order valence-electron chi connectivity index (χ0n) is 24.6. The lowest BCUT2D eigenvalue weighted by Gasteiger charge is -2.33. The van der Waals surface area contributed by atoms with Gasteiger partial charge in [0.15, 0.2) is 0 Å². The summed E-state index contributed by atoms with van der Waals surface area (Å²) in [6, 6.07) is 19.5. The fourth-order valence-electron chi connectivity index (χ4n) is 6.13. The van der Waals surface area contributed by atoms with E-state index in [1.165, 1.54) is 65.3 Å². The summed E-state index contributed by atoms with van der Waals surface area (Å²) in [7, 11) is 0. The maximum atomic E-state index is 2.55. The Morgan fingerprint density at radius 2 is 0.889 bits per heavy atom. The highest BCUT2D eigenvalue weighted by Crippen LogP contribution is 2.48. The second-order valence-electron chi connectivity index (χ2n) is 15.2. The fourth-order valence-corrected chi connectivity index (χ4v) is 6.13. The molecule has 0 aromatic heterocycles. The monoisotopic (exact) mass is 476 g/mol. The van der Waals surface area contributed by atoms with Gasteiger partial charge in [0.1, 0.15) is 0 Å². The summed E-state index contributed by atoms with van der Waals surface area (Å²) < 4.78 is 0. The first-order valence-corrected chi connectivity index (χ1v) is 13.6. The van der Waals surface area contributed by atoms with Crippen LogP contribution in [-0.4, -0.2) is 0 Å². The molecule has 0 radical (unpaired) electrons. The van der Waals surface area contributed by atoms with Gasteiger partial charge in [-0.05, 0) is 105 Å². The van der Waals surface area contributed by atoms with Crippen LogP contribution in [0.3, 0.4) is 0 Å². The molecule has 5 aromatic rings. The van der Waals surface area contributed by atoms with E-state index in [-0.39, 0.29) is 21.7 Å². The molecule has 0 saturated heterocycles. The highest BCUT2D eigenvalue weighted by atomic mass is 14.3. The molecule has 5 aromatic carbocycles. The minimum atomic E-state index is 0.0515. The van der Waals surface area contributed by atoms with Crippen molar-refractivity contribution in [2.45, 2.75) is 105 Å². The highest BCUT2D eigenvalue weighted by Gasteiger charge is 2.30. The molecule has 0 heterocycles. The van der Waals surface area contributed by atoms with Crippen LogP contribution in [0.15, 0.2) is 48.5 Å². The van der Waals surface area contributed by atoms with Gasteiger partial charge < -0.3 is 0 Å². The average Bonchev–Trinajstić information content (AvgIpc) is 2.73. The summed E-state index contributed by atoms with van der Waals surface area (Å²) in [6.07, 6.45) is 0. The molecule has 0 saturated carbocycles. The van der Waals surface area contributed by atoms with Crippen molar-refractivity contribution in [1.29, 1.82) is 0 Å². The molecular formula is C36H44. The third-order valence-electron chi connectivity index (χ3n) is 8.08. The Hall–Kier alpha value is -2.60. The van der Waals surface area contributed by atoms with Gasteiger partial charge in [-0.15, -0.1) is 0 Å². The molecular weight excluding hydrogens is 432 g/mol. The van der Waals surface area contributed by atoms with Crippen molar-refractivity contribution in [3.8, 4) is 0 Å². The van der Waals surface area contributed by atoms with Crippen LogP contribution >= 0.6 is 0 Å². The van der Waals surface area contributed by atoms with E-state index in [0.717, 1.165) is 0 Å². The lowest BCUT2D eigenvalue weighted by molar-refractivity contribution is 0.535. The summed E-state index contributed by atoms with van der Waals surface area (Å²) >= 11 is 0. The first kappa shape index (κ1) is 25.1. The van der Waals surface area contributed by atoms with E-state index in [0.29, 0.717) is 0 Å². The summed E-state index contributed by atoms with van der Waals surface area (Å²) in [6.45, 7) is 28.2. The second-order valence-corrected chi connectivity index (χ2v) is 15.2. The Kier molecular flexibility index (Phi) is 5.20. The van der Waals surface area contributed by atoms with Gasteiger partial charge in [-0.1, -0.05) is 113 Å². The number of hydrogen-bond donors (Lipinski definition) is 0. The van der Waals surface area contributed by atoms with Crippen LogP contribution in [-0.2, 0) is 21.7 Å². The van der Waals surface area contributed by atoms with Gasteiger partial charge in [-0.3, -0.25) is 0 Å². The molecule has 0 aliphatic heterocycles. The molecule has 0 amide bonds. The maximum absolute atomic E-state index is 2.55. The van der Waals surface area contributed by atoms with Gasteiger partial charge in [0.05, 0.1) is 0 Å². The van der Waals surface area contributed by atoms with Crippen LogP contribution in [0.2, 0.25) is 0 Å². The maximum Gasteiger partial charge on any atom is -0.00232 e. The van der Waals surface area contributed by atoms with Crippen molar-refractivity contribution < 1.29 is 0 Å². The lowest BCUT2D eigenvalue weighted by atomic mass is 9.71.